The quantitative estimate of drug-likeness (QED) is 0.457. The van der Waals surface area contributed by atoms with Crippen LogP contribution >= 0.6 is 0 Å². The topological polar surface area (TPSA) is 45.2 Å². The van der Waals surface area contributed by atoms with Crippen molar-refractivity contribution in [1.82, 2.24) is 4.98 Å². The molecule has 2 atom stereocenters. The number of carbonyl (C=O) groups is 1. The Morgan fingerprint density at radius 3 is 2.31 bits per heavy atom. The zero-order valence-electron chi connectivity index (χ0n) is 17.8. The smallest absolute Gasteiger partial charge is 0.229 e. The molecule has 0 unspecified atom stereocenters. The Bertz CT molecular complexity index is 1180. The van der Waals surface area contributed by atoms with Crippen molar-refractivity contribution in [2.45, 2.75) is 5.92 Å². The first kappa shape index (κ1) is 20.0. The van der Waals surface area contributed by atoms with Crippen LogP contribution in [0.25, 0.3) is 11.1 Å². The first-order valence-corrected chi connectivity index (χ1v) is 10.9. The molecule has 1 N–H and O–H groups in total. The Morgan fingerprint density at radius 1 is 0.812 bits per heavy atom. The highest BCUT2D eigenvalue weighted by molar-refractivity contribution is 5.94. The molecule has 0 bridgehead atoms. The van der Waals surface area contributed by atoms with Gasteiger partial charge in [0.25, 0.3) is 0 Å². The molecule has 32 heavy (non-hydrogen) atoms. The Balaban J connectivity index is 1.40. The highest BCUT2D eigenvalue weighted by atomic mass is 16.2. The van der Waals surface area contributed by atoms with E-state index in [1.54, 1.807) is 6.20 Å². The van der Waals surface area contributed by atoms with E-state index in [-0.39, 0.29) is 17.7 Å². The average molecular weight is 420 g/mol. The lowest BCUT2D eigenvalue weighted by atomic mass is 9.88. The van der Waals surface area contributed by atoms with Crippen molar-refractivity contribution in [2.75, 3.05) is 23.3 Å². The number of nitrogens with zero attached hydrogens (tertiary/aromatic N) is 2. The SMILES string of the molecule is O=C(Nc1cccc(-c2cccnc2)c1)[C@H]1CN(c2ccccc2)C[C@@H]1c1ccccc1. The lowest BCUT2D eigenvalue weighted by molar-refractivity contribution is -0.119. The van der Waals surface area contributed by atoms with Crippen molar-refractivity contribution in [1.29, 1.82) is 0 Å². The van der Waals surface area contributed by atoms with Crippen LogP contribution in [0.5, 0.6) is 0 Å². The van der Waals surface area contributed by atoms with Crippen LogP contribution in [-0.4, -0.2) is 24.0 Å². The maximum absolute atomic E-state index is 13.5. The van der Waals surface area contributed by atoms with E-state index in [1.165, 1.54) is 5.56 Å². The summed E-state index contributed by atoms with van der Waals surface area (Å²) in [6.07, 6.45) is 3.60. The second-order valence-corrected chi connectivity index (χ2v) is 8.18. The number of amides is 1. The fraction of sp³-hybridized carbons (Fsp3) is 0.143. The molecule has 0 aliphatic carbocycles. The fourth-order valence-corrected chi connectivity index (χ4v) is 4.50. The minimum Gasteiger partial charge on any atom is -0.370 e. The van der Waals surface area contributed by atoms with Gasteiger partial charge < -0.3 is 10.2 Å². The Kier molecular flexibility index (Phi) is 5.67. The summed E-state index contributed by atoms with van der Waals surface area (Å²) >= 11 is 0. The van der Waals surface area contributed by atoms with Crippen LogP contribution in [0.15, 0.2) is 109 Å². The van der Waals surface area contributed by atoms with Crippen LogP contribution in [0.1, 0.15) is 11.5 Å². The molecule has 1 aliphatic heterocycles. The largest absolute Gasteiger partial charge is 0.370 e. The van der Waals surface area contributed by atoms with Crippen molar-refractivity contribution < 1.29 is 4.79 Å². The van der Waals surface area contributed by atoms with E-state index < -0.39 is 0 Å². The molecule has 4 heteroatoms. The van der Waals surface area contributed by atoms with Crippen molar-refractivity contribution in [3.63, 3.8) is 0 Å². The van der Waals surface area contributed by atoms with E-state index in [9.17, 15) is 4.79 Å². The predicted molar refractivity (Wildman–Crippen MR) is 130 cm³/mol. The number of aromatic nitrogens is 1. The summed E-state index contributed by atoms with van der Waals surface area (Å²) in [6, 6.07) is 32.6. The maximum atomic E-state index is 13.5. The monoisotopic (exact) mass is 419 g/mol. The van der Waals surface area contributed by atoms with Crippen LogP contribution in [-0.2, 0) is 4.79 Å². The van der Waals surface area contributed by atoms with Gasteiger partial charge in [0.1, 0.15) is 0 Å². The molecule has 0 saturated carbocycles. The third kappa shape index (κ3) is 4.26. The minimum atomic E-state index is -0.139. The molecule has 4 nitrogen and oxygen atoms in total. The predicted octanol–water partition coefficient (Wildman–Crippen LogP) is 5.61. The molecule has 0 radical (unpaired) electrons. The van der Waals surface area contributed by atoms with Gasteiger partial charge in [0.15, 0.2) is 0 Å². The van der Waals surface area contributed by atoms with Gasteiger partial charge in [-0.1, -0.05) is 66.7 Å². The molecule has 0 spiro atoms. The summed E-state index contributed by atoms with van der Waals surface area (Å²) in [5.74, 6) is 0.0539. The first-order chi connectivity index (χ1) is 15.8. The van der Waals surface area contributed by atoms with E-state index in [2.05, 4.69) is 39.5 Å². The number of pyridine rings is 1. The zero-order chi connectivity index (χ0) is 21.8. The van der Waals surface area contributed by atoms with E-state index >= 15 is 0 Å². The molecule has 1 aromatic heterocycles. The second-order valence-electron chi connectivity index (χ2n) is 8.18. The summed E-state index contributed by atoms with van der Waals surface area (Å²) < 4.78 is 0. The molecule has 1 saturated heterocycles. The standard InChI is InChI=1S/C28H25N3O/c32-28(30-24-13-7-11-22(17-24)23-12-8-16-29-18-23)27-20-31(25-14-5-2-6-15-25)19-26(27)21-9-3-1-4-10-21/h1-18,26-27H,19-20H2,(H,30,32)/t26-,27+/m1/s1. The Labute approximate surface area is 188 Å². The van der Waals surface area contributed by atoms with E-state index in [1.807, 2.05) is 79.0 Å². The first-order valence-electron chi connectivity index (χ1n) is 10.9. The highest BCUT2D eigenvalue weighted by Crippen LogP contribution is 2.36. The van der Waals surface area contributed by atoms with Gasteiger partial charge in [-0.05, 0) is 41.5 Å². The molecule has 2 heterocycles. The summed E-state index contributed by atoms with van der Waals surface area (Å²) in [6.45, 7) is 1.51. The van der Waals surface area contributed by atoms with Gasteiger partial charge in [-0.25, -0.2) is 0 Å². The van der Waals surface area contributed by atoms with Gasteiger partial charge in [-0.3, -0.25) is 9.78 Å². The molecular formula is C28H25N3O. The van der Waals surface area contributed by atoms with Gasteiger partial charge in [-0.2, -0.15) is 0 Å². The van der Waals surface area contributed by atoms with Gasteiger partial charge in [-0.15, -0.1) is 0 Å². The highest BCUT2D eigenvalue weighted by Gasteiger charge is 2.38. The lowest BCUT2D eigenvalue weighted by Crippen LogP contribution is -2.28. The molecule has 158 valence electrons. The third-order valence-electron chi connectivity index (χ3n) is 6.13. The molecular weight excluding hydrogens is 394 g/mol. The van der Waals surface area contributed by atoms with Gasteiger partial charge in [0.05, 0.1) is 5.92 Å². The van der Waals surface area contributed by atoms with Gasteiger partial charge in [0, 0.05) is 48.3 Å². The molecule has 5 rings (SSSR count). The number of anilines is 2. The number of nitrogens with one attached hydrogen (secondary N) is 1. The van der Waals surface area contributed by atoms with Gasteiger partial charge in [0.2, 0.25) is 5.91 Å². The Hall–Kier alpha value is -3.92. The van der Waals surface area contributed by atoms with Crippen molar-refractivity contribution >= 4 is 17.3 Å². The number of hydrogen-bond acceptors (Lipinski definition) is 3. The summed E-state index contributed by atoms with van der Waals surface area (Å²) in [5.41, 5.74) is 5.23. The molecule has 1 aliphatic rings. The second kappa shape index (κ2) is 9.06. The lowest BCUT2D eigenvalue weighted by Gasteiger charge is -2.18. The molecule has 1 amide bonds. The van der Waals surface area contributed by atoms with Crippen molar-refractivity contribution in [2.24, 2.45) is 5.92 Å². The van der Waals surface area contributed by atoms with Crippen LogP contribution < -0.4 is 10.2 Å². The number of carbonyl (C=O) groups excluding carboxylic acids is 1. The van der Waals surface area contributed by atoms with Crippen LogP contribution in [0.3, 0.4) is 0 Å². The molecule has 3 aromatic carbocycles. The summed E-state index contributed by atoms with van der Waals surface area (Å²) in [5, 5.41) is 3.18. The van der Waals surface area contributed by atoms with Crippen LogP contribution in [0.2, 0.25) is 0 Å². The Morgan fingerprint density at radius 2 is 1.56 bits per heavy atom. The van der Waals surface area contributed by atoms with E-state index in [0.717, 1.165) is 29.0 Å². The van der Waals surface area contributed by atoms with Crippen molar-refractivity contribution in [3.05, 3.63) is 115 Å². The van der Waals surface area contributed by atoms with Crippen molar-refractivity contribution in [3.8, 4) is 11.1 Å². The number of hydrogen-bond donors (Lipinski definition) is 1. The van der Waals surface area contributed by atoms with Gasteiger partial charge >= 0.3 is 0 Å². The summed E-state index contributed by atoms with van der Waals surface area (Å²) in [7, 11) is 0. The van der Waals surface area contributed by atoms with E-state index in [4.69, 9.17) is 0 Å². The van der Waals surface area contributed by atoms with E-state index in [0.29, 0.717) is 6.54 Å². The number of rotatable bonds is 5. The molecule has 1 fully saturated rings. The van der Waals surface area contributed by atoms with Crippen LogP contribution in [0.4, 0.5) is 11.4 Å². The normalized spacial score (nSPS) is 17.8. The maximum Gasteiger partial charge on any atom is 0.229 e. The fourth-order valence-electron chi connectivity index (χ4n) is 4.50. The zero-order valence-corrected chi connectivity index (χ0v) is 17.8. The third-order valence-corrected chi connectivity index (χ3v) is 6.13. The van der Waals surface area contributed by atoms with Crippen LogP contribution in [0, 0.1) is 5.92 Å². The average Bonchev–Trinajstić information content (AvgIpc) is 3.32. The minimum absolute atomic E-state index is 0.0561. The number of para-hydroxylation sites is 1. The summed E-state index contributed by atoms with van der Waals surface area (Å²) in [4.78, 5) is 20.0. The molecule has 4 aromatic rings. The number of benzene rings is 3.